The van der Waals surface area contributed by atoms with Crippen molar-refractivity contribution in [1.29, 1.82) is 0 Å². The van der Waals surface area contributed by atoms with E-state index >= 15 is 0 Å². The average Bonchev–Trinajstić information content (AvgIpc) is 3.25. The van der Waals surface area contributed by atoms with E-state index in [0.717, 1.165) is 11.6 Å². The Labute approximate surface area is 173 Å². The van der Waals surface area contributed by atoms with Crippen LogP contribution in [0.15, 0.2) is 54.6 Å². The largest absolute Gasteiger partial charge is 0.497 e. The van der Waals surface area contributed by atoms with E-state index in [0.29, 0.717) is 22.7 Å². The number of halogens is 3. The zero-order valence-corrected chi connectivity index (χ0v) is 16.9. The van der Waals surface area contributed by atoms with E-state index in [1.807, 2.05) is 32.6 Å². The number of hydrogen-bond donors (Lipinski definition) is 1. The number of nitrogens with zero attached hydrogens (tertiary/aromatic N) is 2. The maximum atomic E-state index is 13.1. The molecule has 6 nitrogen and oxygen atoms in total. The Bertz CT molecular complexity index is 875. The average molecular weight is 423 g/mol. The molecule has 0 aliphatic carbocycles. The highest BCUT2D eigenvalue weighted by Crippen LogP contribution is 2.33. The third-order valence-electron chi connectivity index (χ3n) is 3.66. The van der Waals surface area contributed by atoms with Gasteiger partial charge in [0.15, 0.2) is 5.69 Å². The molecule has 9 heteroatoms. The van der Waals surface area contributed by atoms with Crippen LogP contribution in [0.4, 0.5) is 13.2 Å². The van der Waals surface area contributed by atoms with E-state index in [1.54, 1.807) is 36.4 Å². The minimum Gasteiger partial charge on any atom is -0.497 e. The molecule has 0 aliphatic rings. The fraction of sp³-hybridized carbons (Fsp3) is 0.190. The number of nitrogens with two attached hydrogens (primary N) is 1. The van der Waals surface area contributed by atoms with Crippen molar-refractivity contribution < 1.29 is 27.5 Å². The van der Waals surface area contributed by atoms with Crippen LogP contribution in [0.5, 0.6) is 5.75 Å². The van der Waals surface area contributed by atoms with Gasteiger partial charge in [0.25, 0.3) is 0 Å². The van der Waals surface area contributed by atoms with E-state index in [2.05, 4.69) is 10.8 Å². The Hall–Kier alpha value is -3.46. The lowest BCUT2D eigenvalue weighted by Crippen LogP contribution is -2.07. The van der Waals surface area contributed by atoms with Crippen molar-refractivity contribution in [3.63, 3.8) is 0 Å². The molecule has 0 amide bonds. The molecule has 1 heterocycles. The number of rotatable bonds is 3. The third kappa shape index (κ3) is 6.85. The van der Waals surface area contributed by atoms with Crippen molar-refractivity contribution in [2.45, 2.75) is 13.1 Å². The number of ether oxygens (including phenoxy) is 1. The Morgan fingerprint density at radius 3 is 1.87 bits per heavy atom. The van der Waals surface area contributed by atoms with E-state index in [4.69, 9.17) is 14.3 Å². The maximum absolute atomic E-state index is 13.1. The lowest BCUT2D eigenvalue weighted by atomic mass is 10.1. The fourth-order valence-electron chi connectivity index (χ4n) is 2.37. The van der Waals surface area contributed by atoms with E-state index < -0.39 is 11.9 Å². The van der Waals surface area contributed by atoms with E-state index in [1.165, 1.54) is 18.8 Å². The zero-order valence-electron chi connectivity index (χ0n) is 16.9. The highest BCUT2D eigenvalue weighted by Gasteiger charge is 2.35. The number of aryl methyl sites for hydroxylation is 1. The van der Waals surface area contributed by atoms with Crippen LogP contribution in [-0.2, 0) is 15.8 Å². The van der Waals surface area contributed by atoms with Gasteiger partial charge in [-0.25, -0.2) is 4.68 Å². The summed E-state index contributed by atoms with van der Waals surface area (Å²) in [7, 11) is 3.04. The van der Waals surface area contributed by atoms with Crippen molar-refractivity contribution in [3.8, 4) is 22.7 Å². The first-order chi connectivity index (χ1) is 14.4. The summed E-state index contributed by atoms with van der Waals surface area (Å²) >= 11 is 0. The van der Waals surface area contributed by atoms with Gasteiger partial charge in [-0.1, -0.05) is 17.7 Å². The summed E-state index contributed by atoms with van der Waals surface area (Å²) in [5, 5.41) is 3.76. The van der Waals surface area contributed by atoms with Crippen molar-refractivity contribution in [2.75, 3.05) is 14.2 Å². The molecule has 2 N–H and O–H groups in total. The molecule has 0 atom stereocenters. The number of methoxy groups -OCH3 is 1. The number of carbonyl (C=O) groups excluding carboxylic acids is 2. The van der Waals surface area contributed by atoms with Gasteiger partial charge in [0.05, 0.1) is 18.5 Å². The van der Waals surface area contributed by atoms with E-state index in [9.17, 15) is 13.2 Å². The zero-order chi connectivity index (χ0) is 23.3. The first-order valence-electron chi connectivity index (χ1n) is 8.42. The molecule has 0 bridgehead atoms. The maximum Gasteiger partial charge on any atom is 0.435 e. The van der Waals surface area contributed by atoms with Gasteiger partial charge in [0.2, 0.25) is 0 Å². The molecule has 0 spiro atoms. The summed E-state index contributed by atoms with van der Waals surface area (Å²) in [6.07, 6.45) is -4.50. The van der Waals surface area contributed by atoms with Crippen LogP contribution in [0.25, 0.3) is 16.9 Å². The van der Waals surface area contributed by atoms with Crippen LogP contribution >= 0.6 is 0 Å². The highest BCUT2D eigenvalue weighted by molar-refractivity contribution is 5.64. The monoisotopic (exact) mass is 423 g/mol. The molecule has 1 aromatic heterocycles. The Balaban J connectivity index is 0.00000129. The molecule has 0 saturated carbocycles. The molecule has 2 aromatic carbocycles. The van der Waals surface area contributed by atoms with Gasteiger partial charge in [-0.2, -0.15) is 18.3 Å². The number of alkyl halides is 3. The van der Waals surface area contributed by atoms with Crippen molar-refractivity contribution >= 4 is 13.6 Å². The molecule has 0 aliphatic heterocycles. The lowest BCUT2D eigenvalue weighted by Gasteiger charge is -2.08. The van der Waals surface area contributed by atoms with Gasteiger partial charge in [0.1, 0.15) is 19.3 Å². The molecule has 3 aromatic rings. The quantitative estimate of drug-likeness (QED) is 0.686. The smallest absolute Gasteiger partial charge is 0.435 e. The Morgan fingerprint density at radius 1 is 0.933 bits per heavy atom. The van der Waals surface area contributed by atoms with E-state index in [-0.39, 0.29) is 0 Å². The van der Waals surface area contributed by atoms with Crippen LogP contribution in [0.1, 0.15) is 11.3 Å². The SMILES string of the molecule is C=O.C=O.CN.COc1ccc(-c2cc(C(F)(F)F)nn2-c2ccc(C)cc2)cc1. The molecule has 0 saturated heterocycles. The predicted molar refractivity (Wildman–Crippen MR) is 110 cm³/mol. The Morgan fingerprint density at radius 2 is 1.43 bits per heavy atom. The van der Waals surface area contributed by atoms with Crippen LogP contribution in [0, 0.1) is 6.92 Å². The highest BCUT2D eigenvalue weighted by atomic mass is 19.4. The molecule has 0 radical (unpaired) electrons. The number of aromatic nitrogens is 2. The summed E-state index contributed by atoms with van der Waals surface area (Å²) in [6.45, 7) is 5.92. The molecule has 30 heavy (non-hydrogen) atoms. The molecule has 0 fully saturated rings. The summed E-state index contributed by atoms with van der Waals surface area (Å²) in [5.41, 5.74) is 6.16. The van der Waals surface area contributed by atoms with Crippen LogP contribution in [0.3, 0.4) is 0 Å². The Kier molecular flexibility index (Phi) is 11.4. The third-order valence-corrected chi connectivity index (χ3v) is 3.66. The van der Waals surface area contributed by atoms with Gasteiger partial charge >= 0.3 is 6.18 Å². The summed E-state index contributed by atoms with van der Waals surface area (Å²) < 4.78 is 45.7. The summed E-state index contributed by atoms with van der Waals surface area (Å²) in [5.74, 6) is 0.635. The first-order valence-corrected chi connectivity index (χ1v) is 8.42. The second-order valence-electron chi connectivity index (χ2n) is 5.39. The first kappa shape index (κ1) is 26.5. The van der Waals surface area contributed by atoms with Crippen LogP contribution in [0.2, 0.25) is 0 Å². The molecule has 162 valence electrons. The summed E-state index contributed by atoms with van der Waals surface area (Å²) in [4.78, 5) is 16.0. The van der Waals surface area contributed by atoms with Crippen LogP contribution < -0.4 is 10.5 Å². The standard InChI is InChI=1S/C18H15F3N2O.CH5N.2CH2O/c1-12-3-7-14(8-4-12)23-16(11-17(22-23)18(19,20)21)13-5-9-15(24-2)10-6-13;3*1-2/h3-11H,1-2H3;2H2,1H3;2*1H2. The second kappa shape index (κ2) is 12.9. The minimum absolute atomic E-state index is 0.369. The van der Waals surface area contributed by atoms with Crippen molar-refractivity contribution in [3.05, 3.63) is 65.9 Å². The normalized spacial score (nSPS) is 9.70. The fourth-order valence-corrected chi connectivity index (χ4v) is 2.37. The number of carbonyl (C=O) groups is 2. The van der Waals surface area contributed by atoms with Gasteiger partial charge < -0.3 is 20.1 Å². The van der Waals surface area contributed by atoms with Crippen molar-refractivity contribution in [1.82, 2.24) is 9.78 Å². The molecular formula is C21H24F3N3O3. The van der Waals surface area contributed by atoms with Gasteiger partial charge in [-0.15, -0.1) is 0 Å². The molecular weight excluding hydrogens is 399 g/mol. The summed E-state index contributed by atoms with van der Waals surface area (Å²) in [6, 6.07) is 15.0. The van der Waals surface area contributed by atoms with Gasteiger partial charge in [-0.3, -0.25) is 0 Å². The lowest BCUT2D eigenvalue weighted by molar-refractivity contribution is -0.141. The van der Waals surface area contributed by atoms with Crippen molar-refractivity contribution in [2.24, 2.45) is 5.73 Å². The minimum atomic E-state index is -4.50. The van der Waals surface area contributed by atoms with Gasteiger partial charge in [-0.05, 0) is 56.4 Å². The topological polar surface area (TPSA) is 87.2 Å². The predicted octanol–water partition coefficient (Wildman–Crippen LogP) is 4.08. The number of benzene rings is 2. The second-order valence-corrected chi connectivity index (χ2v) is 5.39. The molecule has 3 rings (SSSR count). The van der Waals surface area contributed by atoms with Gasteiger partial charge in [0, 0.05) is 5.56 Å². The van der Waals surface area contributed by atoms with Crippen LogP contribution in [-0.4, -0.2) is 37.5 Å². The number of hydrogen-bond acceptors (Lipinski definition) is 5. The molecule has 0 unspecified atom stereocenters.